The number of nitrogens with one attached hydrogen (secondary N) is 1. The number of para-hydroxylation sites is 1. The van der Waals surface area contributed by atoms with Crippen LogP contribution in [0.5, 0.6) is 5.75 Å². The molecule has 0 saturated heterocycles. The first-order valence-electron chi connectivity index (χ1n) is 9.29. The molecule has 1 atom stereocenters. The molecule has 3 rings (SSSR count). The molecule has 156 valence electrons. The summed E-state index contributed by atoms with van der Waals surface area (Å²) in [5, 5.41) is 22.5. The number of amides is 1. The monoisotopic (exact) mass is 427 g/mol. The summed E-state index contributed by atoms with van der Waals surface area (Å²) in [4.78, 5) is 22.6. The summed E-state index contributed by atoms with van der Waals surface area (Å²) in [5.74, 6) is 1.21. The summed E-state index contributed by atoms with van der Waals surface area (Å²) >= 11 is 1.24. The van der Waals surface area contributed by atoms with Crippen LogP contribution < -0.4 is 10.1 Å². The van der Waals surface area contributed by atoms with Crippen molar-refractivity contribution in [3.8, 4) is 5.75 Å². The lowest BCUT2D eigenvalue weighted by Crippen LogP contribution is -2.15. The first kappa shape index (κ1) is 21.3. The maximum absolute atomic E-state index is 12.3. The molecule has 1 heterocycles. The molecule has 0 bridgehead atoms. The van der Waals surface area contributed by atoms with Gasteiger partial charge in [0.2, 0.25) is 5.91 Å². The number of non-ortho nitro benzene ring substituents is 1. The van der Waals surface area contributed by atoms with Gasteiger partial charge in [-0.2, -0.15) is 0 Å². The number of rotatable bonds is 9. The summed E-state index contributed by atoms with van der Waals surface area (Å²) in [6, 6.07) is 15.3. The van der Waals surface area contributed by atoms with E-state index in [1.165, 1.54) is 30.0 Å². The third kappa shape index (κ3) is 5.35. The van der Waals surface area contributed by atoms with Crippen molar-refractivity contribution >= 4 is 29.0 Å². The molecular formula is C20H21N5O4S. The Kier molecular flexibility index (Phi) is 7.02. The van der Waals surface area contributed by atoms with E-state index in [-0.39, 0.29) is 23.5 Å². The second-order valence-corrected chi connectivity index (χ2v) is 7.24. The molecule has 0 aliphatic rings. The van der Waals surface area contributed by atoms with E-state index >= 15 is 0 Å². The van der Waals surface area contributed by atoms with Crippen LogP contribution in [0.4, 0.5) is 11.4 Å². The largest absolute Gasteiger partial charge is 0.483 e. The topological polar surface area (TPSA) is 112 Å². The Hall–Kier alpha value is -3.40. The van der Waals surface area contributed by atoms with Gasteiger partial charge in [-0.15, -0.1) is 10.2 Å². The van der Waals surface area contributed by atoms with Crippen LogP contribution >= 0.6 is 11.8 Å². The molecule has 0 aliphatic carbocycles. The van der Waals surface area contributed by atoms with Gasteiger partial charge >= 0.3 is 0 Å². The molecule has 0 saturated carbocycles. The van der Waals surface area contributed by atoms with Crippen LogP contribution in [0.3, 0.4) is 0 Å². The fraction of sp³-hybridized carbons (Fsp3) is 0.250. The second kappa shape index (κ2) is 9.88. The van der Waals surface area contributed by atoms with E-state index in [4.69, 9.17) is 4.74 Å². The van der Waals surface area contributed by atoms with E-state index in [0.717, 1.165) is 5.75 Å². The third-order valence-corrected chi connectivity index (χ3v) is 5.12. The quantitative estimate of drug-likeness (QED) is 0.311. The Morgan fingerprint density at radius 3 is 2.70 bits per heavy atom. The number of nitro groups is 1. The molecule has 2 aromatic carbocycles. The lowest BCUT2D eigenvalue weighted by molar-refractivity contribution is -0.384. The van der Waals surface area contributed by atoms with Gasteiger partial charge in [0.05, 0.1) is 10.7 Å². The number of benzene rings is 2. The molecule has 0 fully saturated rings. The van der Waals surface area contributed by atoms with Crippen molar-refractivity contribution in [2.75, 3.05) is 11.1 Å². The van der Waals surface area contributed by atoms with Crippen molar-refractivity contribution in [2.24, 2.45) is 0 Å². The Morgan fingerprint density at radius 2 is 2.00 bits per heavy atom. The number of thioether (sulfide) groups is 1. The number of carbonyl (C=O) groups is 1. The predicted octanol–water partition coefficient (Wildman–Crippen LogP) is 4.08. The van der Waals surface area contributed by atoms with Gasteiger partial charge < -0.3 is 14.6 Å². The second-order valence-electron chi connectivity index (χ2n) is 6.30. The van der Waals surface area contributed by atoms with Gasteiger partial charge in [-0.3, -0.25) is 14.9 Å². The Morgan fingerprint density at radius 1 is 1.23 bits per heavy atom. The molecule has 3 aromatic rings. The molecule has 1 unspecified atom stereocenters. The summed E-state index contributed by atoms with van der Waals surface area (Å²) in [6.45, 7) is 4.49. The standard InChI is InChI=1S/C20H21N5O4S/c1-3-24-19(14(2)29-17-10-5-4-6-11-17)22-23-20(24)30-13-18(26)21-15-8-7-9-16(12-15)25(27)28/h4-12,14H,3,13H2,1-2H3,(H,21,26). The van der Waals surface area contributed by atoms with E-state index in [0.29, 0.717) is 23.2 Å². The van der Waals surface area contributed by atoms with Gasteiger partial charge in [0, 0.05) is 24.4 Å². The van der Waals surface area contributed by atoms with Crippen molar-refractivity contribution in [1.29, 1.82) is 0 Å². The molecule has 30 heavy (non-hydrogen) atoms. The zero-order valence-corrected chi connectivity index (χ0v) is 17.3. The number of carbonyl (C=O) groups excluding carboxylic acids is 1. The van der Waals surface area contributed by atoms with Gasteiger partial charge in [-0.25, -0.2) is 0 Å². The SMILES string of the molecule is CCn1c(SCC(=O)Nc2cccc([N+](=O)[O-])c2)nnc1C(C)Oc1ccccc1. The van der Waals surface area contributed by atoms with E-state index in [1.807, 2.05) is 48.7 Å². The number of aromatic nitrogens is 3. The number of ether oxygens (including phenoxy) is 1. The van der Waals surface area contributed by atoms with Crippen LogP contribution in [-0.4, -0.2) is 31.3 Å². The van der Waals surface area contributed by atoms with Crippen molar-refractivity contribution in [3.63, 3.8) is 0 Å². The highest BCUT2D eigenvalue weighted by molar-refractivity contribution is 7.99. The minimum atomic E-state index is -0.506. The fourth-order valence-electron chi connectivity index (χ4n) is 2.79. The average Bonchev–Trinajstić information content (AvgIpc) is 3.16. The number of hydrogen-bond acceptors (Lipinski definition) is 7. The summed E-state index contributed by atoms with van der Waals surface area (Å²) in [7, 11) is 0. The molecular weight excluding hydrogens is 406 g/mol. The van der Waals surface area contributed by atoms with Crippen molar-refractivity contribution in [2.45, 2.75) is 31.7 Å². The number of nitrogens with zero attached hydrogens (tertiary/aromatic N) is 4. The van der Waals surface area contributed by atoms with Gasteiger partial charge in [0.25, 0.3) is 5.69 Å². The molecule has 1 N–H and O–H groups in total. The minimum Gasteiger partial charge on any atom is -0.483 e. The number of hydrogen-bond donors (Lipinski definition) is 1. The molecule has 0 spiro atoms. The maximum Gasteiger partial charge on any atom is 0.271 e. The van der Waals surface area contributed by atoms with Crippen molar-refractivity contribution in [1.82, 2.24) is 14.8 Å². The van der Waals surface area contributed by atoms with Crippen LogP contribution in [-0.2, 0) is 11.3 Å². The molecule has 0 aliphatic heterocycles. The van der Waals surface area contributed by atoms with E-state index < -0.39 is 4.92 Å². The highest BCUT2D eigenvalue weighted by Gasteiger charge is 2.19. The molecule has 1 aromatic heterocycles. The Labute approximate surface area is 177 Å². The van der Waals surface area contributed by atoms with E-state index in [9.17, 15) is 14.9 Å². The first-order valence-corrected chi connectivity index (χ1v) is 10.3. The van der Waals surface area contributed by atoms with Gasteiger partial charge in [0.15, 0.2) is 17.1 Å². The number of anilines is 1. The third-order valence-electron chi connectivity index (χ3n) is 4.15. The number of nitro benzene ring substituents is 1. The van der Waals surface area contributed by atoms with Crippen LogP contribution in [0.1, 0.15) is 25.8 Å². The predicted molar refractivity (Wildman–Crippen MR) is 114 cm³/mol. The molecule has 1 amide bonds. The van der Waals surface area contributed by atoms with Crippen LogP contribution in [0.25, 0.3) is 0 Å². The smallest absolute Gasteiger partial charge is 0.271 e. The Balaban J connectivity index is 1.62. The zero-order valence-electron chi connectivity index (χ0n) is 16.5. The van der Waals surface area contributed by atoms with Gasteiger partial charge in [-0.05, 0) is 32.0 Å². The summed E-state index contributed by atoms with van der Waals surface area (Å²) in [6.07, 6.45) is -0.312. The van der Waals surface area contributed by atoms with Gasteiger partial charge in [0.1, 0.15) is 5.75 Å². The lowest BCUT2D eigenvalue weighted by Gasteiger charge is -2.15. The highest BCUT2D eigenvalue weighted by atomic mass is 32.2. The van der Waals surface area contributed by atoms with Crippen molar-refractivity contribution in [3.05, 3.63) is 70.5 Å². The van der Waals surface area contributed by atoms with Crippen LogP contribution in [0, 0.1) is 10.1 Å². The van der Waals surface area contributed by atoms with Gasteiger partial charge in [-0.1, -0.05) is 36.0 Å². The highest BCUT2D eigenvalue weighted by Crippen LogP contribution is 2.25. The van der Waals surface area contributed by atoms with E-state index in [1.54, 1.807) is 6.07 Å². The summed E-state index contributed by atoms with van der Waals surface area (Å²) < 4.78 is 7.83. The zero-order chi connectivity index (χ0) is 21.5. The average molecular weight is 427 g/mol. The van der Waals surface area contributed by atoms with Crippen LogP contribution in [0.2, 0.25) is 0 Å². The molecule has 9 nitrogen and oxygen atoms in total. The van der Waals surface area contributed by atoms with Crippen LogP contribution in [0.15, 0.2) is 59.8 Å². The fourth-order valence-corrected chi connectivity index (χ4v) is 3.59. The normalized spacial score (nSPS) is 11.7. The maximum atomic E-state index is 12.3. The first-order chi connectivity index (χ1) is 14.5. The minimum absolute atomic E-state index is 0.0803. The summed E-state index contributed by atoms with van der Waals surface area (Å²) in [5.41, 5.74) is 0.292. The van der Waals surface area contributed by atoms with E-state index in [2.05, 4.69) is 15.5 Å². The molecule has 10 heteroatoms. The lowest BCUT2D eigenvalue weighted by atomic mass is 10.3. The van der Waals surface area contributed by atoms with Crippen molar-refractivity contribution < 1.29 is 14.5 Å². The molecule has 0 radical (unpaired) electrons. The Bertz CT molecular complexity index is 1030.